The third-order valence-electron chi connectivity index (χ3n) is 3.63. The van der Waals surface area contributed by atoms with Crippen molar-refractivity contribution in [1.82, 2.24) is 9.97 Å². The van der Waals surface area contributed by atoms with Crippen molar-refractivity contribution in [1.29, 1.82) is 0 Å². The van der Waals surface area contributed by atoms with E-state index in [2.05, 4.69) is 32.5 Å². The van der Waals surface area contributed by atoms with Crippen LogP contribution < -0.4 is 21.7 Å². The van der Waals surface area contributed by atoms with Gasteiger partial charge in [-0.2, -0.15) is 0 Å². The maximum absolute atomic E-state index is 11.6. The second kappa shape index (κ2) is 14.8. The van der Waals surface area contributed by atoms with Gasteiger partial charge in [-0.25, -0.2) is 9.97 Å². The lowest BCUT2D eigenvalue weighted by Crippen LogP contribution is -2.43. The van der Waals surface area contributed by atoms with E-state index in [4.69, 9.17) is 11.5 Å². The van der Waals surface area contributed by atoms with Crippen LogP contribution in [-0.4, -0.2) is 41.3 Å². The summed E-state index contributed by atoms with van der Waals surface area (Å²) in [5.74, 6) is 2.76. The molecule has 0 aliphatic carbocycles. The van der Waals surface area contributed by atoms with E-state index in [0.29, 0.717) is 11.6 Å². The van der Waals surface area contributed by atoms with Crippen molar-refractivity contribution in [3.05, 3.63) is 23.0 Å². The van der Waals surface area contributed by atoms with Gasteiger partial charge in [-0.05, 0) is 32.4 Å². The number of thioether (sulfide) groups is 1. The Morgan fingerprint density at radius 1 is 1.54 bits per heavy atom. The quantitative estimate of drug-likeness (QED) is 0.622. The number of terminal acetylenes is 1. The number of anilines is 2. The fourth-order valence-electron chi connectivity index (χ4n) is 2.51. The average Bonchev–Trinajstić information content (AvgIpc) is 2.69. The molecule has 2 rings (SSSR count). The summed E-state index contributed by atoms with van der Waals surface area (Å²) in [7, 11) is 0. The number of nitrogens with one attached hydrogen (secondary N) is 1. The van der Waals surface area contributed by atoms with Crippen LogP contribution in [0.1, 0.15) is 57.4 Å². The molecule has 0 radical (unpaired) electrons. The Balaban J connectivity index is 0.00000133. The summed E-state index contributed by atoms with van der Waals surface area (Å²) >= 11 is 1.55. The molecule has 156 valence electrons. The fraction of sp³-hybridized carbons (Fsp3) is 0.550. The summed E-state index contributed by atoms with van der Waals surface area (Å²) in [6, 6.07) is 0.138. The topological polar surface area (TPSA) is 110 Å². The van der Waals surface area contributed by atoms with E-state index in [-0.39, 0.29) is 11.7 Å². The molecule has 0 saturated carbocycles. The molecule has 1 aromatic rings. The van der Waals surface area contributed by atoms with Crippen LogP contribution in [0, 0.1) is 12.3 Å². The first-order valence-corrected chi connectivity index (χ1v) is 10.7. The van der Waals surface area contributed by atoms with Gasteiger partial charge >= 0.3 is 0 Å². The molecule has 1 fully saturated rings. The maximum Gasteiger partial charge on any atom is 0.271 e. The molecule has 8 heteroatoms. The molecule has 28 heavy (non-hydrogen) atoms. The minimum absolute atomic E-state index is 0.138. The van der Waals surface area contributed by atoms with E-state index in [1.807, 2.05) is 33.1 Å². The highest BCUT2D eigenvalue weighted by Gasteiger charge is 2.21. The van der Waals surface area contributed by atoms with Crippen LogP contribution in [0.2, 0.25) is 0 Å². The Morgan fingerprint density at radius 2 is 2.18 bits per heavy atom. The molecule has 1 atom stereocenters. The largest absolute Gasteiger partial charge is 0.364 e. The average molecular weight is 407 g/mol. The number of aromatic nitrogens is 2. The van der Waals surface area contributed by atoms with E-state index in [1.54, 1.807) is 24.9 Å². The molecular weight excluding hydrogens is 372 g/mol. The molecule has 0 spiro atoms. The second-order valence-corrected chi connectivity index (χ2v) is 6.58. The van der Waals surface area contributed by atoms with Gasteiger partial charge in [0.15, 0.2) is 11.5 Å². The maximum atomic E-state index is 11.6. The zero-order valence-electron chi connectivity index (χ0n) is 17.7. The number of carbonyl (C=O) groups excluding carboxylic acids is 1. The Labute approximate surface area is 173 Å². The molecule has 0 bridgehead atoms. The second-order valence-electron chi connectivity index (χ2n) is 5.73. The van der Waals surface area contributed by atoms with Gasteiger partial charge in [0.1, 0.15) is 5.82 Å². The summed E-state index contributed by atoms with van der Waals surface area (Å²) in [6.07, 6.45) is 13.1. The zero-order valence-corrected chi connectivity index (χ0v) is 18.5. The third-order valence-corrected chi connectivity index (χ3v) is 4.33. The van der Waals surface area contributed by atoms with Gasteiger partial charge in [-0.3, -0.25) is 4.79 Å². The highest BCUT2D eigenvalue weighted by molar-refractivity contribution is 8.02. The number of piperidine rings is 1. The first-order valence-electron chi connectivity index (χ1n) is 9.52. The number of amides is 1. The summed E-state index contributed by atoms with van der Waals surface area (Å²) in [5, 5.41) is 4.08. The smallest absolute Gasteiger partial charge is 0.271 e. The van der Waals surface area contributed by atoms with E-state index in [9.17, 15) is 4.79 Å². The van der Waals surface area contributed by atoms with Crippen molar-refractivity contribution in [3.8, 4) is 12.3 Å². The minimum Gasteiger partial charge on any atom is -0.364 e. The molecule has 7 nitrogen and oxygen atoms in total. The molecule has 1 amide bonds. The van der Waals surface area contributed by atoms with Crippen LogP contribution in [0.25, 0.3) is 0 Å². The summed E-state index contributed by atoms with van der Waals surface area (Å²) in [4.78, 5) is 22.5. The van der Waals surface area contributed by atoms with Gasteiger partial charge in [0, 0.05) is 19.1 Å². The van der Waals surface area contributed by atoms with Crippen molar-refractivity contribution in [2.24, 2.45) is 11.5 Å². The highest BCUT2D eigenvalue weighted by Crippen LogP contribution is 2.23. The van der Waals surface area contributed by atoms with Crippen LogP contribution in [0.15, 0.2) is 17.3 Å². The molecule has 0 aromatic carbocycles. The normalized spacial score (nSPS) is 16.0. The molecule has 1 saturated heterocycles. The lowest BCUT2D eigenvalue weighted by Gasteiger charge is -2.31. The first-order chi connectivity index (χ1) is 13.5. The number of allylic oxidation sites excluding steroid dienone is 1. The fourth-order valence-corrected chi connectivity index (χ4v) is 3.04. The summed E-state index contributed by atoms with van der Waals surface area (Å²) in [5.41, 5.74) is 11.6. The van der Waals surface area contributed by atoms with Gasteiger partial charge in [0.25, 0.3) is 5.91 Å². The van der Waals surface area contributed by atoms with Gasteiger partial charge < -0.3 is 21.7 Å². The molecule has 0 unspecified atom stereocenters. The summed E-state index contributed by atoms with van der Waals surface area (Å²) < 4.78 is 0. The molecule has 2 heterocycles. The van der Waals surface area contributed by atoms with E-state index in [1.165, 1.54) is 0 Å². The predicted octanol–water partition coefficient (Wildman–Crippen LogP) is 3.20. The van der Waals surface area contributed by atoms with Crippen LogP contribution >= 0.6 is 11.8 Å². The number of nitrogens with zero attached hydrogens (tertiary/aromatic N) is 3. The number of hydrogen-bond acceptors (Lipinski definition) is 7. The Hall–Kier alpha value is -2.24. The van der Waals surface area contributed by atoms with Crippen LogP contribution in [0.4, 0.5) is 11.6 Å². The third kappa shape index (κ3) is 8.63. The lowest BCUT2D eigenvalue weighted by molar-refractivity contribution is 0.0996. The number of primary amides is 1. The molecule has 1 aliphatic rings. The Bertz CT molecular complexity index is 671. The molecular formula is C20H34N6OS. The number of carbonyl (C=O) groups is 1. The molecule has 1 aromatic heterocycles. The van der Waals surface area contributed by atoms with E-state index >= 15 is 0 Å². The number of nitrogens with two attached hydrogens (primary N) is 2. The van der Waals surface area contributed by atoms with Crippen molar-refractivity contribution in [2.45, 2.75) is 53.0 Å². The lowest BCUT2D eigenvalue weighted by atomic mass is 10.1. The zero-order chi connectivity index (χ0) is 21.5. The predicted molar refractivity (Wildman–Crippen MR) is 121 cm³/mol. The van der Waals surface area contributed by atoms with E-state index in [0.717, 1.165) is 37.4 Å². The monoisotopic (exact) mass is 406 g/mol. The minimum atomic E-state index is -0.598. The number of hydrogen-bond donors (Lipinski definition) is 3. The van der Waals surface area contributed by atoms with Crippen LogP contribution in [0.3, 0.4) is 0 Å². The summed E-state index contributed by atoms with van der Waals surface area (Å²) in [6.45, 7) is 9.33. The van der Waals surface area contributed by atoms with Crippen LogP contribution in [-0.2, 0) is 0 Å². The first kappa shape index (κ1) is 25.8. The van der Waals surface area contributed by atoms with Gasteiger partial charge in [0.05, 0.1) is 11.2 Å². The van der Waals surface area contributed by atoms with Crippen LogP contribution in [0.5, 0.6) is 0 Å². The molecule has 5 N–H and O–H groups in total. The van der Waals surface area contributed by atoms with Gasteiger partial charge in [-0.15, -0.1) is 24.1 Å². The Morgan fingerprint density at radius 3 is 2.68 bits per heavy atom. The SMILES string of the molecule is C#CC.CC.CC/C=C(/Nc1nc(N2CCC[C@@H](N)C2)cnc1C(N)=O)SC. The standard InChI is InChI=1S/C15H24N6OS.C3H4.C2H6/c1-3-5-12(23-2)20-15-13(14(17)22)18-8-11(19-15)21-7-4-6-10(16)9-21;1-3-2;1-2/h5,8,10H,3-4,6-7,9,16H2,1-2H3,(H2,17,22)(H,19,20);1H,2H3;1-2H3/b12-5-;;/t10-;;/m1../s1. The van der Waals surface area contributed by atoms with Gasteiger partial charge in [0.2, 0.25) is 0 Å². The van der Waals surface area contributed by atoms with E-state index < -0.39 is 5.91 Å². The highest BCUT2D eigenvalue weighted by atomic mass is 32.2. The van der Waals surface area contributed by atoms with Crippen molar-refractivity contribution in [2.75, 3.05) is 29.6 Å². The molecule has 1 aliphatic heterocycles. The van der Waals surface area contributed by atoms with Gasteiger partial charge in [-0.1, -0.05) is 26.8 Å². The van der Waals surface area contributed by atoms with Crippen molar-refractivity contribution < 1.29 is 4.79 Å². The Kier molecular flexibility index (Phi) is 13.6. The number of rotatable bonds is 6. The van der Waals surface area contributed by atoms with Crippen molar-refractivity contribution >= 4 is 29.3 Å². The van der Waals surface area contributed by atoms with Crippen molar-refractivity contribution in [3.63, 3.8) is 0 Å².